The topological polar surface area (TPSA) is 17.1 Å². The van der Waals surface area contributed by atoms with Crippen LogP contribution in [0, 0.1) is 0 Å². The summed E-state index contributed by atoms with van der Waals surface area (Å²) in [6.07, 6.45) is 0.849. The smallest absolute Gasteiger partial charge is 0.150 e. The number of thiol groups is 1. The summed E-state index contributed by atoms with van der Waals surface area (Å²) in [4.78, 5) is 13.7. The third-order valence-electron chi connectivity index (χ3n) is 2.09. The van der Waals surface area contributed by atoms with E-state index in [2.05, 4.69) is 12.6 Å². The molecule has 0 N–H and O–H groups in total. The number of hydrogen-bond acceptors (Lipinski definition) is 3. The Hall–Kier alpha value is -0.567. The first-order valence-electron chi connectivity index (χ1n) is 4.80. The van der Waals surface area contributed by atoms with Crippen LogP contribution in [0.3, 0.4) is 0 Å². The summed E-state index contributed by atoms with van der Waals surface area (Å²) in [5.74, 6) is 0. The average molecular weight is 312 g/mol. The molecule has 0 amide bonds. The molecule has 0 aliphatic rings. The Kier molecular flexibility index (Phi) is 5.97. The minimum atomic E-state index is 0. The second kappa shape index (κ2) is 7.00. The molecular weight excluding hydrogens is 302 g/mol. The molecule has 0 saturated carbocycles. The van der Waals surface area contributed by atoms with Crippen LogP contribution in [0.25, 0.3) is 0 Å². The fraction of sp³-hybridized carbons (Fsp3) is 0. The SMILES string of the molecule is O=Cc1ccc(S)c(Sc2ccccc2)c1.[Zn]. The quantitative estimate of drug-likeness (QED) is 0.525. The van der Waals surface area contributed by atoms with Crippen LogP contribution < -0.4 is 0 Å². The summed E-state index contributed by atoms with van der Waals surface area (Å²) in [5.41, 5.74) is 0.677. The van der Waals surface area contributed by atoms with Gasteiger partial charge in [0.1, 0.15) is 6.29 Å². The summed E-state index contributed by atoms with van der Waals surface area (Å²) in [6.45, 7) is 0. The van der Waals surface area contributed by atoms with Gasteiger partial charge in [0, 0.05) is 39.7 Å². The number of carbonyl (C=O) groups is 1. The fourth-order valence-electron chi connectivity index (χ4n) is 1.30. The van der Waals surface area contributed by atoms with Crippen molar-refractivity contribution in [2.24, 2.45) is 0 Å². The van der Waals surface area contributed by atoms with Crippen LogP contribution in [-0.4, -0.2) is 6.29 Å². The molecule has 0 bridgehead atoms. The molecule has 4 heteroatoms. The van der Waals surface area contributed by atoms with E-state index in [1.54, 1.807) is 17.8 Å². The molecule has 0 aliphatic carbocycles. The van der Waals surface area contributed by atoms with E-state index in [1.165, 1.54) is 0 Å². The summed E-state index contributed by atoms with van der Waals surface area (Å²) >= 11 is 5.99. The molecule has 1 nitrogen and oxygen atoms in total. The largest absolute Gasteiger partial charge is 0.298 e. The molecule has 0 heterocycles. The zero-order valence-corrected chi connectivity index (χ0v) is 13.8. The summed E-state index contributed by atoms with van der Waals surface area (Å²) in [6, 6.07) is 15.5. The summed E-state index contributed by atoms with van der Waals surface area (Å²) < 4.78 is 0. The first kappa shape index (κ1) is 14.5. The minimum absolute atomic E-state index is 0. The van der Waals surface area contributed by atoms with Crippen molar-refractivity contribution in [2.45, 2.75) is 14.7 Å². The van der Waals surface area contributed by atoms with Crippen molar-refractivity contribution >= 4 is 30.7 Å². The van der Waals surface area contributed by atoms with Gasteiger partial charge in [0.25, 0.3) is 0 Å². The normalized spacial score (nSPS) is 9.47. The zero-order valence-electron chi connectivity index (χ0n) is 9.17. The summed E-state index contributed by atoms with van der Waals surface area (Å²) in [5, 5.41) is 0. The molecule has 0 atom stereocenters. The molecule has 0 saturated heterocycles. The number of benzene rings is 2. The molecule has 0 aromatic heterocycles. The van der Waals surface area contributed by atoms with Gasteiger partial charge in [-0.3, -0.25) is 4.79 Å². The maximum atomic E-state index is 10.7. The Morgan fingerprint density at radius 2 is 1.76 bits per heavy atom. The van der Waals surface area contributed by atoms with Crippen molar-refractivity contribution in [1.82, 2.24) is 0 Å². The molecule has 0 aliphatic heterocycles. The van der Waals surface area contributed by atoms with E-state index < -0.39 is 0 Å². The first-order chi connectivity index (χ1) is 7.79. The Morgan fingerprint density at radius 3 is 2.41 bits per heavy atom. The molecule has 0 unspecified atom stereocenters. The standard InChI is InChI=1S/C13H10OS2.Zn/c14-9-10-6-7-12(15)13(8-10)16-11-4-2-1-3-5-11;/h1-9,15H;. The van der Waals surface area contributed by atoms with Crippen molar-refractivity contribution in [3.05, 3.63) is 54.1 Å². The van der Waals surface area contributed by atoms with E-state index in [-0.39, 0.29) is 19.5 Å². The minimum Gasteiger partial charge on any atom is -0.298 e. The average Bonchev–Trinajstić information content (AvgIpc) is 2.33. The third kappa shape index (κ3) is 3.99. The van der Waals surface area contributed by atoms with Crippen LogP contribution in [0.1, 0.15) is 10.4 Å². The van der Waals surface area contributed by atoms with Crippen LogP contribution in [0.15, 0.2) is 63.2 Å². The van der Waals surface area contributed by atoms with Gasteiger partial charge in [-0.15, -0.1) is 12.6 Å². The fourth-order valence-corrected chi connectivity index (χ4v) is 2.49. The molecule has 2 rings (SSSR count). The number of aldehydes is 1. The van der Waals surface area contributed by atoms with Crippen LogP contribution >= 0.6 is 24.4 Å². The van der Waals surface area contributed by atoms with E-state index in [0.29, 0.717) is 5.56 Å². The number of carbonyl (C=O) groups excluding carboxylic acids is 1. The van der Waals surface area contributed by atoms with Crippen molar-refractivity contribution < 1.29 is 24.3 Å². The van der Waals surface area contributed by atoms with Crippen molar-refractivity contribution in [3.63, 3.8) is 0 Å². The Balaban J connectivity index is 0.00000144. The van der Waals surface area contributed by atoms with Gasteiger partial charge in [0.2, 0.25) is 0 Å². The predicted octanol–water partition coefficient (Wildman–Crippen LogP) is 3.94. The van der Waals surface area contributed by atoms with E-state index in [0.717, 1.165) is 21.0 Å². The van der Waals surface area contributed by atoms with Crippen LogP contribution in [-0.2, 0) is 19.5 Å². The van der Waals surface area contributed by atoms with Crippen molar-refractivity contribution in [3.8, 4) is 0 Å². The van der Waals surface area contributed by atoms with Gasteiger partial charge in [-0.1, -0.05) is 36.0 Å². The molecular formula is C13H10OS2Zn. The molecule has 82 valence electrons. The molecule has 2 aromatic carbocycles. The molecule has 0 fully saturated rings. The van der Waals surface area contributed by atoms with Gasteiger partial charge in [-0.2, -0.15) is 0 Å². The number of rotatable bonds is 3. The van der Waals surface area contributed by atoms with E-state index >= 15 is 0 Å². The summed E-state index contributed by atoms with van der Waals surface area (Å²) in [7, 11) is 0. The predicted molar refractivity (Wildman–Crippen MR) is 69.6 cm³/mol. The monoisotopic (exact) mass is 310 g/mol. The van der Waals surface area contributed by atoms with Crippen LogP contribution in [0.2, 0.25) is 0 Å². The zero-order chi connectivity index (χ0) is 11.4. The van der Waals surface area contributed by atoms with E-state index in [1.807, 2.05) is 42.5 Å². The van der Waals surface area contributed by atoms with Gasteiger partial charge in [0.15, 0.2) is 0 Å². The van der Waals surface area contributed by atoms with E-state index in [4.69, 9.17) is 0 Å². The first-order valence-corrected chi connectivity index (χ1v) is 6.07. The van der Waals surface area contributed by atoms with Crippen LogP contribution in [0.5, 0.6) is 0 Å². The second-order valence-corrected chi connectivity index (χ2v) is 4.86. The molecule has 2 aromatic rings. The Morgan fingerprint density at radius 1 is 1.06 bits per heavy atom. The molecule has 0 spiro atoms. The molecule has 0 radical (unpaired) electrons. The maximum Gasteiger partial charge on any atom is 0.150 e. The van der Waals surface area contributed by atoms with Crippen LogP contribution in [0.4, 0.5) is 0 Å². The third-order valence-corrected chi connectivity index (χ3v) is 3.70. The van der Waals surface area contributed by atoms with Gasteiger partial charge in [-0.25, -0.2) is 0 Å². The van der Waals surface area contributed by atoms with Crippen molar-refractivity contribution in [1.29, 1.82) is 0 Å². The maximum absolute atomic E-state index is 10.7. The van der Waals surface area contributed by atoms with E-state index in [9.17, 15) is 4.79 Å². The van der Waals surface area contributed by atoms with Crippen molar-refractivity contribution in [2.75, 3.05) is 0 Å². The Labute approximate surface area is 123 Å². The molecule has 17 heavy (non-hydrogen) atoms. The van der Waals surface area contributed by atoms with Gasteiger partial charge < -0.3 is 0 Å². The van der Waals surface area contributed by atoms with Gasteiger partial charge >= 0.3 is 0 Å². The second-order valence-electron chi connectivity index (χ2n) is 3.26. The number of hydrogen-bond donors (Lipinski definition) is 1. The van der Waals surface area contributed by atoms with Gasteiger partial charge in [0.05, 0.1) is 0 Å². The Bertz CT molecular complexity index is 500. The van der Waals surface area contributed by atoms with Gasteiger partial charge in [-0.05, 0) is 24.3 Å².